The van der Waals surface area contributed by atoms with E-state index in [0.717, 1.165) is 11.1 Å². The summed E-state index contributed by atoms with van der Waals surface area (Å²) in [5.41, 5.74) is 3.00. The molecule has 9 heteroatoms. The largest absolute Gasteiger partial charge is 0.463 e. The Balaban J connectivity index is 1.91. The van der Waals surface area contributed by atoms with Gasteiger partial charge in [-0.15, -0.1) is 0 Å². The van der Waals surface area contributed by atoms with Gasteiger partial charge in [-0.1, -0.05) is 29.8 Å². The summed E-state index contributed by atoms with van der Waals surface area (Å²) in [4.78, 5) is 43.7. The Hall–Kier alpha value is -3.07. The van der Waals surface area contributed by atoms with Crippen LogP contribution in [0.2, 0.25) is 0 Å². The summed E-state index contributed by atoms with van der Waals surface area (Å²) in [6, 6.07) is 6.87. The van der Waals surface area contributed by atoms with Gasteiger partial charge in [0.2, 0.25) is 0 Å². The summed E-state index contributed by atoms with van der Waals surface area (Å²) in [5.74, 6) is -0.432. The van der Waals surface area contributed by atoms with E-state index in [1.165, 1.54) is 4.90 Å². The molecule has 9 nitrogen and oxygen atoms in total. The number of esters is 1. The number of piperazine rings is 1. The fourth-order valence-electron chi connectivity index (χ4n) is 4.35. The van der Waals surface area contributed by atoms with Crippen LogP contribution in [-0.4, -0.2) is 85.2 Å². The molecule has 180 valence electrons. The zero-order chi connectivity index (χ0) is 24.1. The minimum absolute atomic E-state index is 0.00700. The lowest BCUT2D eigenvalue weighted by atomic mass is 9.93. The topological polar surface area (TPSA) is 94.2 Å². The fraction of sp³-hybridized carbons (Fsp3) is 0.542. The highest BCUT2D eigenvalue weighted by Crippen LogP contribution is 2.32. The molecule has 0 saturated carbocycles. The van der Waals surface area contributed by atoms with Crippen molar-refractivity contribution in [1.29, 1.82) is 0 Å². The van der Waals surface area contributed by atoms with E-state index in [0.29, 0.717) is 44.0 Å². The SMILES string of the molecule is CCNC(=O)N1CCN(CC2=C(C(=O)OCC)[C@H](c3ccc(C)cc3)NC(=O)N2C)C[C@@H]1C. The smallest absolute Gasteiger partial charge is 0.338 e. The average molecular weight is 458 g/mol. The van der Waals surface area contributed by atoms with Crippen LogP contribution in [0.4, 0.5) is 9.59 Å². The van der Waals surface area contributed by atoms with E-state index < -0.39 is 12.0 Å². The van der Waals surface area contributed by atoms with Gasteiger partial charge in [0, 0.05) is 51.5 Å². The maximum atomic E-state index is 13.1. The highest BCUT2D eigenvalue weighted by molar-refractivity contribution is 5.95. The molecule has 2 aliphatic rings. The van der Waals surface area contributed by atoms with Gasteiger partial charge in [-0.2, -0.15) is 0 Å². The molecule has 1 fully saturated rings. The van der Waals surface area contributed by atoms with Gasteiger partial charge >= 0.3 is 18.0 Å². The number of carbonyl (C=O) groups excluding carboxylic acids is 3. The van der Waals surface area contributed by atoms with Crippen molar-refractivity contribution in [3.8, 4) is 0 Å². The monoisotopic (exact) mass is 457 g/mol. The molecule has 0 bridgehead atoms. The van der Waals surface area contributed by atoms with Crippen molar-refractivity contribution < 1.29 is 19.1 Å². The number of likely N-dealkylation sites (N-methyl/N-ethyl adjacent to an activating group) is 1. The summed E-state index contributed by atoms with van der Waals surface area (Å²) in [5, 5.41) is 5.81. The second-order valence-corrected chi connectivity index (χ2v) is 8.55. The Morgan fingerprint density at radius 3 is 2.48 bits per heavy atom. The molecule has 2 heterocycles. The van der Waals surface area contributed by atoms with Crippen LogP contribution < -0.4 is 10.6 Å². The number of aryl methyl sites for hydroxylation is 1. The van der Waals surface area contributed by atoms with E-state index in [1.807, 2.05) is 49.9 Å². The van der Waals surface area contributed by atoms with E-state index in [9.17, 15) is 14.4 Å². The Bertz CT molecular complexity index is 914. The highest BCUT2D eigenvalue weighted by atomic mass is 16.5. The number of carbonyl (C=O) groups is 3. The molecule has 0 unspecified atom stereocenters. The number of hydrogen-bond donors (Lipinski definition) is 2. The van der Waals surface area contributed by atoms with Crippen LogP contribution in [-0.2, 0) is 9.53 Å². The van der Waals surface area contributed by atoms with Gasteiger partial charge in [0.25, 0.3) is 0 Å². The van der Waals surface area contributed by atoms with Crippen LogP contribution in [0, 0.1) is 6.92 Å². The second kappa shape index (κ2) is 10.7. The molecule has 2 aliphatic heterocycles. The number of nitrogens with one attached hydrogen (secondary N) is 2. The first-order valence-corrected chi connectivity index (χ1v) is 11.5. The van der Waals surface area contributed by atoms with E-state index in [1.54, 1.807) is 14.0 Å². The first-order chi connectivity index (χ1) is 15.8. The van der Waals surface area contributed by atoms with E-state index in [-0.39, 0.29) is 24.7 Å². The van der Waals surface area contributed by atoms with Crippen LogP contribution in [0.5, 0.6) is 0 Å². The maximum absolute atomic E-state index is 13.1. The zero-order valence-electron chi connectivity index (χ0n) is 20.2. The van der Waals surface area contributed by atoms with E-state index in [4.69, 9.17) is 4.74 Å². The van der Waals surface area contributed by atoms with Gasteiger partial charge in [0.15, 0.2) is 0 Å². The van der Waals surface area contributed by atoms with Gasteiger partial charge < -0.3 is 20.3 Å². The minimum atomic E-state index is -0.586. The molecule has 0 aliphatic carbocycles. The molecule has 0 radical (unpaired) electrons. The molecular formula is C24H35N5O4. The Kier molecular flexibility index (Phi) is 7.97. The second-order valence-electron chi connectivity index (χ2n) is 8.55. The number of hydrogen-bond acceptors (Lipinski definition) is 5. The third-order valence-electron chi connectivity index (χ3n) is 6.16. The molecule has 1 aromatic rings. The van der Waals surface area contributed by atoms with Crippen LogP contribution in [0.25, 0.3) is 0 Å². The summed E-state index contributed by atoms with van der Waals surface area (Å²) in [6.07, 6.45) is 0. The molecule has 1 saturated heterocycles. The number of urea groups is 2. The standard InChI is InChI=1S/C24H35N5O4/c1-6-25-23(31)29-13-12-28(14-17(29)4)15-19-20(22(30)33-7-2)21(26-24(32)27(19)5)18-10-8-16(3)9-11-18/h8-11,17,21H,6-7,12-15H2,1-5H3,(H,25,31)(H,26,32)/t17-,21-/m0/s1. The summed E-state index contributed by atoms with van der Waals surface area (Å²) in [6.45, 7) is 10.8. The zero-order valence-corrected chi connectivity index (χ0v) is 20.2. The molecule has 33 heavy (non-hydrogen) atoms. The molecule has 2 atom stereocenters. The van der Waals surface area contributed by atoms with Crippen LogP contribution >= 0.6 is 0 Å². The predicted octanol–water partition coefficient (Wildman–Crippen LogP) is 2.24. The minimum Gasteiger partial charge on any atom is -0.463 e. The Morgan fingerprint density at radius 2 is 1.88 bits per heavy atom. The van der Waals surface area contributed by atoms with Crippen molar-refractivity contribution in [2.75, 3.05) is 46.4 Å². The Morgan fingerprint density at radius 1 is 1.18 bits per heavy atom. The van der Waals surface area contributed by atoms with Gasteiger partial charge in [-0.25, -0.2) is 14.4 Å². The normalized spacial score (nSPS) is 21.7. The van der Waals surface area contributed by atoms with Crippen LogP contribution in [0.15, 0.2) is 35.5 Å². The number of amides is 4. The number of benzene rings is 1. The summed E-state index contributed by atoms with van der Waals surface area (Å²) < 4.78 is 5.40. The van der Waals surface area contributed by atoms with Crippen molar-refractivity contribution in [1.82, 2.24) is 25.3 Å². The van der Waals surface area contributed by atoms with Crippen molar-refractivity contribution in [2.24, 2.45) is 0 Å². The maximum Gasteiger partial charge on any atom is 0.338 e. The highest BCUT2D eigenvalue weighted by Gasteiger charge is 2.38. The third kappa shape index (κ3) is 5.47. The average Bonchev–Trinajstić information content (AvgIpc) is 2.77. The van der Waals surface area contributed by atoms with Crippen LogP contribution in [0.3, 0.4) is 0 Å². The predicted molar refractivity (Wildman–Crippen MR) is 126 cm³/mol. The molecule has 0 spiro atoms. The first kappa shape index (κ1) is 24.6. The molecule has 3 rings (SSSR count). The van der Waals surface area contributed by atoms with Gasteiger partial charge in [0.05, 0.1) is 18.2 Å². The van der Waals surface area contributed by atoms with Crippen molar-refractivity contribution in [3.63, 3.8) is 0 Å². The lowest BCUT2D eigenvalue weighted by Crippen LogP contribution is -2.57. The van der Waals surface area contributed by atoms with Gasteiger partial charge in [-0.05, 0) is 33.3 Å². The van der Waals surface area contributed by atoms with E-state index >= 15 is 0 Å². The van der Waals surface area contributed by atoms with E-state index in [2.05, 4.69) is 15.5 Å². The molecule has 2 N–H and O–H groups in total. The summed E-state index contributed by atoms with van der Waals surface area (Å²) in [7, 11) is 1.67. The van der Waals surface area contributed by atoms with Crippen molar-refractivity contribution in [2.45, 2.75) is 39.8 Å². The summed E-state index contributed by atoms with van der Waals surface area (Å²) >= 11 is 0. The number of nitrogens with zero attached hydrogens (tertiary/aromatic N) is 3. The fourth-order valence-corrected chi connectivity index (χ4v) is 4.35. The molecule has 4 amide bonds. The van der Waals surface area contributed by atoms with Crippen molar-refractivity contribution >= 4 is 18.0 Å². The van der Waals surface area contributed by atoms with Gasteiger partial charge in [-0.3, -0.25) is 9.80 Å². The molecule has 1 aromatic carbocycles. The molecular weight excluding hydrogens is 422 g/mol. The lowest BCUT2D eigenvalue weighted by Gasteiger charge is -2.42. The number of rotatable bonds is 6. The third-order valence-corrected chi connectivity index (χ3v) is 6.16. The number of ether oxygens (including phenoxy) is 1. The molecule has 0 aromatic heterocycles. The lowest BCUT2D eigenvalue weighted by molar-refractivity contribution is -0.139. The van der Waals surface area contributed by atoms with Crippen LogP contribution in [0.1, 0.15) is 37.9 Å². The Labute approximate surface area is 195 Å². The van der Waals surface area contributed by atoms with Crippen molar-refractivity contribution in [3.05, 3.63) is 46.7 Å². The first-order valence-electron chi connectivity index (χ1n) is 11.5. The quantitative estimate of drug-likeness (QED) is 0.639. The van der Waals surface area contributed by atoms with Gasteiger partial charge in [0.1, 0.15) is 0 Å².